The fourth-order valence-corrected chi connectivity index (χ4v) is 2.23. The van der Waals surface area contributed by atoms with Crippen molar-refractivity contribution in [2.75, 3.05) is 13.2 Å². The second kappa shape index (κ2) is 8.57. The Labute approximate surface area is 149 Å². The number of halogens is 2. The van der Waals surface area contributed by atoms with Crippen molar-refractivity contribution >= 4 is 35.1 Å². The minimum absolute atomic E-state index is 0.0478. The summed E-state index contributed by atoms with van der Waals surface area (Å²) >= 11 is 11.5. The molecule has 0 heterocycles. The topological polar surface area (TPSA) is 75.6 Å². The molecule has 0 saturated carbocycles. The highest BCUT2D eigenvalue weighted by molar-refractivity contribution is 6.31. The van der Waals surface area contributed by atoms with E-state index >= 15 is 0 Å². The Kier molecular flexibility index (Phi) is 6.46. The minimum atomic E-state index is -0.794. The molecule has 5 nitrogen and oxygen atoms in total. The van der Waals surface area contributed by atoms with Crippen LogP contribution in [-0.2, 0) is 16.0 Å². The zero-order valence-corrected chi connectivity index (χ0v) is 14.1. The van der Waals surface area contributed by atoms with E-state index in [1.54, 1.807) is 12.1 Å². The van der Waals surface area contributed by atoms with Gasteiger partial charge >= 0.3 is 5.97 Å². The number of rotatable bonds is 6. The van der Waals surface area contributed by atoms with Crippen LogP contribution in [0.5, 0.6) is 5.75 Å². The number of ether oxygens (including phenoxy) is 1. The van der Waals surface area contributed by atoms with Crippen LogP contribution in [0.25, 0.3) is 0 Å². The van der Waals surface area contributed by atoms with Crippen molar-refractivity contribution in [3.8, 4) is 5.75 Å². The summed E-state index contributed by atoms with van der Waals surface area (Å²) in [7, 11) is 0. The summed E-state index contributed by atoms with van der Waals surface area (Å²) < 4.78 is 4.86. The van der Waals surface area contributed by atoms with Crippen LogP contribution in [0.1, 0.15) is 15.9 Å². The number of hydrogen-bond acceptors (Lipinski definition) is 4. The molecule has 2 aromatic carbocycles. The van der Waals surface area contributed by atoms with Crippen LogP contribution in [0.4, 0.5) is 0 Å². The molecule has 0 saturated heterocycles. The van der Waals surface area contributed by atoms with Gasteiger partial charge in [-0.3, -0.25) is 4.79 Å². The van der Waals surface area contributed by atoms with Crippen LogP contribution >= 0.6 is 23.2 Å². The van der Waals surface area contributed by atoms with Gasteiger partial charge in [0.05, 0.1) is 0 Å². The van der Waals surface area contributed by atoms with E-state index in [0.29, 0.717) is 23.0 Å². The van der Waals surface area contributed by atoms with Crippen molar-refractivity contribution < 1.29 is 19.4 Å². The van der Waals surface area contributed by atoms with Gasteiger partial charge < -0.3 is 15.2 Å². The standard InChI is InChI=1S/C17H15Cl2NO4/c18-12-3-1-11(2-4-12)7-8-20-16(22)10-24-17(23)14-6-5-13(19)9-15(14)21/h1-6,9,21H,7-8,10H2,(H,20,22). The normalized spacial score (nSPS) is 10.2. The maximum absolute atomic E-state index is 11.8. The summed E-state index contributed by atoms with van der Waals surface area (Å²) in [6.07, 6.45) is 0.634. The highest BCUT2D eigenvalue weighted by Gasteiger charge is 2.14. The molecule has 0 aliphatic carbocycles. The molecule has 0 fully saturated rings. The van der Waals surface area contributed by atoms with E-state index in [9.17, 15) is 14.7 Å². The van der Waals surface area contributed by atoms with E-state index in [-0.39, 0.29) is 11.3 Å². The lowest BCUT2D eigenvalue weighted by molar-refractivity contribution is -0.124. The van der Waals surface area contributed by atoms with Crippen LogP contribution in [-0.4, -0.2) is 30.1 Å². The van der Waals surface area contributed by atoms with Crippen molar-refractivity contribution in [3.05, 3.63) is 63.6 Å². The van der Waals surface area contributed by atoms with E-state index in [0.717, 1.165) is 5.56 Å². The second-order valence-corrected chi connectivity index (χ2v) is 5.84. The van der Waals surface area contributed by atoms with Gasteiger partial charge in [0, 0.05) is 16.6 Å². The summed E-state index contributed by atoms with van der Waals surface area (Å²) in [4.78, 5) is 23.5. The third-order valence-corrected chi connectivity index (χ3v) is 3.65. The maximum atomic E-state index is 11.8. The quantitative estimate of drug-likeness (QED) is 0.768. The lowest BCUT2D eigenvalue weighted by Gasteiger charge is -2.08. The zero-order chi connectivity index (χ0) is 17.5. The SMILES string of the molecule is O=C(COC(=O)c1ccc(Cl)cc1O)NCCc1ccc(Cl)cc1. The molecule has 0 unspecified atom stereocenters. The average molecular weight is 368 g/mol. The molecule has 0 aliphatic rings. The first-order chi connectivity index (χ1) is 11.5. The monoisotopic (exact) mass is 367 g/mol. The molecule has 0 aromatic heterocycles. The highest BCUT2D eigenvalue weighted by atomic mass is 35.5. The van der Waals surface area contributed by atoms with E-state index in [2.05, 4.69) is 5.32 Å². The summed E-state index contributed by atoms with van der Waals surface area (Å²) in [5, 5.41) is 13.2. The molecule has 2 N–H and O–H groups in total. The van der Waals surface area contributed by atoms with Crippen molar-refractivity contribution in [1.82, 2.24) is 5.32 Å². The average Bonchev–Trinajstić information content (AvgIpc) is 2.54. The number of aromatic hydroxyl groups is 1. The van der Waals surface area contributed by atoms with Gasteiger partial charge in [0.25, 0.3) is 5.91 Å². The summed E-state index contributed by atoms with van der Waals surface area (Å²) in [5.74, 6) is -1.52. The Morgan fingerprint density at radius 3 is 2.38 bits per heavy atom. The Balaban J connectivity index is 1.74. The van der Waals surface area contributed by atoms with E-state index in [1.165, 1.54) is 18.2 Å². The summed E-state index contributed by atoms with van der Waals surface area (Å²) in [5.41, 5.74) is 0.983. The minimum Gasteiger partial charge on any atom is -0.507 e. The fraction of sp³-hybridized carbons (Fsp3) is 0.176. The Bertz CT molecular complexity index is 732. The zero-order valence-electron chi connectivity index (χ0n) is 12.6. The van der Waals surface area contributed by atoms with Gasteiger partial charge in [-0.25, -0.2) is 4.79 Å². The number of nitrogens with one attached hydrogen (secondary N) is 1. The lowest BCUT2D eigenvalue weighted by atomic mass is 10.1. The smallest absolute Gasteiger partial charge is 0.342 e. The van der Waals surface area contributed by atoms with Crippen LogP contribution in [0.2, 0.25) is 10.0 Å². The maximum Gasteiger partial charge on any atom is 0.342 e. The van der Waals surface area contributed by atoms with Gasteiger partial charge in [-0.2, -0.15) is 0 Å². The van der Waals surface area contributed by atoms with Crippen molar-refractivity contribution in [1.29, 1.82) is 0 Å². The van der Waals surface area contributed by atoms with Gasteiger partial charge in [0.15, 0.2) is 6.61 Å². The van der Waals surface area contributed by atoms with Gasteiger partial charge in [-0.15, -0.1) is 0 Å². The summed E-state index contributed by atoms with van der Waals surface area (Å²) in [6, 6.07) is 11.3. The Morgan fingerprint density at radius 2 is 1.71 bits per heavy atom. The Morgan fingerprint density at radius 1 is 1.04 bits per heavy atom. The number of phenols is 1. The van der Waals surface area contributed by atoms with E-state index in [4.69, 9.17) is 27.9 Å². The molecule has 2 rings (SSSR count). The second-order valence-electron chi connectivity index (χ2n) is 4.96. The van der Waals surface area contributed by atoms with Gasteiger partial charge in [0.2, 0.25) is 0 Å². The highest BCUT2D eigenvalue weighted by Crippen LogP contribution is 2.22. The van der Waals surface area contributed by atoms with Crippen molar-refractivity contribution in [3.63, 3.8) is 0 Å². The number of benzene rings is 2. The first-order valence-corrected chi connectivity index (χ1v) is 7.88. The number of carbonyl (C=O) groups is 2. The summed E-state index contributed by atoms with van der Waals surface area (Å²) in [6.45, 7) is -0.0221. The van der Waals surface area contributed by atoms with Crippen LogP contribution in [0.15, 0.2) is 42.5 Å². The predicted octanol–water partition coefficient (Wildman–Crippen LogP) is 3.21. The molecule has 24 heavy (non-hydrogen) atoms. The van der Waals surface area contributed by atoms with Crippen molar-refractivity contribution in [2.45, 2.75) is 6.42 Å². The molecule has 2 aromatic rings. The number of amides is 1. The molecule has 0 atom stereocenters. The van der Waals surface area contributed by atoms with Crippen LogP contribution in [0, 0.1) is 0 Å². The number of hydrogen-bond donors (Lipinski definition) is 2. The van der Waals surface area contributed by atoms with E-state index < -0.39 is 18.5 Å². The molecule has 0 bridgehead atoms. The third-order valence-electron chi connectivity index (χ3n) is 3.16. The molecule has 0 spiro atoms. The largest absolute Gasteiger partial charge is 0.507 e. The van der Waals surface area contributed by atoms with Crippen LogP contribution < -0.4 is 5.32 Å². The van der Waals surface area contributed by atoms with Gasteiger partial charge in [-0.1, -0.05) is 35.3 Å². The fourth-order valence-electron chi connectivity index (χ4n) is 1.93. The molecular formula is C17H15Cl2NO4. The first kappa shape index (κ1) is 18.1. The molecule has 0 radical (unpaired) electrons. The molecular weight excluding hydrogens is 353 g/mol. The van der Waals surface area contributed by atoms with Crippen molar-refractivity contribution in [2.24, 2.45) is 0 Å². The number of esters is 1. The molecule has 126 valence electrons. The molecule has 0 aliphatic heterocycles. The number of carbonyl (C=O) groups excluding carboxylic acids is 2. The van der Waals surface area contributed by atoms with Gasteiger partial charge in [0.1, 0.15) is 11.3 Å². The van der Waals surface area contributed by atoms with E-state index in [1.807, 2.05) is 12.1 Å². The first-order valence-electron chi connectivity index (χ1n) is 7.12. The third kappa shape index (κ3) is 5.44. The number of phenolic OH excluding ortho intramolecular Hbond substituents is 1. The van der Waals surface area contributed by atoms with Crippen LogP contribution in [0.3, 0.4) is 0 Å². The van der Waals surface area contributed by atoms with Gasteiger partial charge in [-0.05, 0) is 42.3 Å². The Hall–Kier alpha value is -2.24. The molecule has 7 heteroatoms. The lowest BCUT2D eigenvalue weighted by Crippen LogP contribution is -2.30. The predicted molar refractivity (Wildman–Crippen MR) is 91.6 cm³/mol. The molecule has 1 amide bonds.